The minimum atomic E-state index is -0.131. The number of carbonyl (C=O) groups excluding carboxylic acids is 1. The van der Waals surface area contributed by atoms with E-state index in [1.54, 1.807) is 23.1 Å². The fourth-order valence-corrected chi connectivity index (χ4v) is 5.33. The van der Waals surface area contributed by atoms with E-state index in [9.17, 15) is 10.1 Å². The third-order valence-corrected chi connectivity index (χ3v) is 7.92. The number of rotatable bonds is 11. The third kappa shape index (κ3) is 7.69. The number of likely N-dealkylation sites (N-methyl/N-ethyl adjacent to an activating group) is 1. The summed E-state index contributed by atoms with van der Waals surface area (Å²) >= 11 is 12.3. The highest BCUT2D eigenvalue weighted by atomic mass is 35.5. The van der Waals surface area contributed by atoms with Gasteiger partial charge in [-0.05, 0) is 86.8 Å². The van der Waals surface area contributed by atoms with Crippen molar-refractivity contribution in [2.45, 2.75) is 38.8 Å². The molecule has 40 heavy (non-hydrogen) atoms. The molecular weight excluding hydrogens is 543 g/mol. The van der Waals surface area contributed by atoms with Gasteiger partial charge in [0.05, 0.1) is 34.8 Å². The topological polar surface area (TPSA) is 59.8 Å². The minimum absolute atomic E-state index is 0.0548. The van der Waals surface area contributed by atoms with Crippen LogP contribution in [-0.4, -0.2) is 61.6 Å². The molecule has 1 heterocycles. The lowest BCUT2D eigenvalue weighted by molar-refractivity contribution is -0.131. The van der Waals surface area contributed by atoms with Crippen molar-refractivity contribution in [2.75, 3.05) is 44.7 Å². The normalized spacial score (nSPS) is 14.1. The summed E-state index contributed by atoms with van der Waals surface area (Å²) in [7, 11) is 1.85. The number of ether oxygens (including phenoxy) is 1. The van der Waals surface area contributed by atoms with Crippen molar-refractivity contribution >= 4 is 34.8 Å². The maximum atomic E-state index is 13.6. The molecule has 1 amide bonds. The second kappa shape index (κ2) is 13.9. The zero-order valence-corrected chi connectivity index (χ0v) is 24.8. The predicted octanol–water partition coefficient (Wildman–Crippen LogP) is 7.07. The van der Waals surface area contributed by atoms with E-state index in [4.69, 9.17) is 27.9 Å². The number of benzene rings is 3. The number of likely N-dealkylation sites (tertiary alicyclic amines) is 1. The van der Waals surface area contributed by atoms with Crippen molar-refractivity contribution in [3.63, 3.8) is 0 Å². The van der Waals surface area contributed by atoms with Gasteiger partial charge in [-0.2, -0.15) is 5.26 Å². The first kappa shape index (κ1) is 29.7. The average molecular weight is 580 g/mol. The van der Waals surface area contributed by atoms with Gasteiger partial charge in [-0.15, -0.1) is 0 Å². The fourth-order valence-electron chi connectivity index (χ4n) is 5.03. The summed E-state index contributed by atoms with van der Waals surface area (Å²) in [6.07, 6.45) is 2.45. The molecule has 1 atom stereocenters. The van der Waals surface area contributed by atoms with Crippen molar-refractivity contribution in [3.8, 4) is 22.9 Å². The van der Waals surface area contributed by atoms with E-state index in [0.717, 1.165) is 42.1 Å². The number of nitrogens with zero attached hydrogens (tertiary/aromatic N) is 4. The molecule has 0 radical (unpaired) electrons. The second-order valence-electron chi connectivity index (χ2n) is 10.5. The van der Waals surface area contributed by atoms with Crippen LogP contribution >= 0.6 is 23.2 Å². The second-order valence-corrected chi connectivity index (χ2v) is 11.3. The first-order valence-corrected chi connectivity index (χ1v) is 14.4. The van der Waals surface area contributed by atoms with Gasteiger partial charge in [0.2, 0.25) is 5.91 Å². The van der Waals surface area contributed by atoms with Crippen molar-refractivity contribution in [3.05, 3.63) is 82.3 Å². The standard InChI is InChI=1S/C32H36Cl2N4O2/c1-23(2)40-28-8-6-7-26(19-28)24-9-11-25(12-10-24)31(21-37-16-4-5-17-37)36(3)32(39)22-38(18-15-35)27-13-14-29(33)30(34)20-27/h6-14,19-20,23,31H,4-5,16-18,21-22H2,1-3H3. The lowest BCUT2D eigenvalue weighted by atomic mass is 9.99. The van der Waals surface area contributed by atoms with Crippen LogP contribution in [-0.2, 0) is 4.79 Å². The van der Waals surface area contributed by atoms with E-state index in [-0.39, 0.29) is 31.1 Å². The monoisotopic (exact) mass is 578 g/mol. The Balaban J connectivity index is 1.56. The molecule has 0 bridgehead atoms. The Morgan fingerprint density at radius 3 is 2.38 bits per heavy atom. The average Bonchev–Trinajstić information content (AvgIpc) is 3.46. The molecule has 0 spiro atoms. The lowest BCUT2D eigenvalue weighted by Gasteiger charge is -2.34. The number of hydrogen-bond donors (Lipinski definition) is 0. The van der Waals surface area contributed by atoms with Gasteiger partial charge < -0.3 is 19.4 Å². The maximum Gasteiger partial charge on any atom is 0.242 e. The summed E-state index contributed by atoms with van der Waals surface area (Å²) in [6, 6.07) is 23.7. The number of nitriles is 1. The van der Waals surface area contributed by atoms with Gasteiger partial charge in [-0.3, -0.25) is 4.79 Å². The van der Waals surface area contributed by atoms with Crippen LogP contribution in [0, 0.1) is 11.3 Å². The Morgan fingerprint density at radius 2 is 1.73 bits per heavy atom. The van der Waals surface area contributed by atoms with Crippen molar-refractivity contribution < 1.29 is 9.53 Å². The molecule has 210 valence electrons. The molecule has 1 fully saturated rings. The Morgan fingerprint density at radius 1 is 1.00 bits per heavy atom. The van der Waals surface area contributed by atoms with Gasteiger partial charge in [0, 0.05) is 19.3 Å². The molecule has 6 nitrogen and oxygen atoms in total. The molecule has 3 aromatic carbocycles. The van der Waals surface area contributed by atoms with Crippen molar-refractivity contribution in [1.82, 2.24) is 9.80 Å². The third-order valence-electron chi connectivity index (χ3n) is 7.18. The quantitative estimate of drug-likeness (QED) is 0.228. The number of anilines is 1. The van der Waals surface area contributed by atoms with E-state index in [0.29, 0.717) is 15.7 Å². The van der Waals surface area contributed by atoms with Crippen LogP contribution in [0.3, 0.4) is 0 Å². The summed E-state index contributed by atoms with van der Waals surface area (Å²) in [5, 5.41) is 10.3. The Hall–Kier alpha value is -3.24. The summed E-state index contributed by atoms with van der Waals surface area (Å²) in [6.45, 7) is 6.96. The summed E-state index contributed by atoms with van der Waals surface area (Å²) in [5.41, 5.74) is 3.93. The van der Waals surface area contributed by atoms with Gasteiger partial charge in [0.25, 0.3) is 0 Å². The molecule has 0 aliphatic carbocycles. The van der Waals surface area contributed by atoms with Crippen LogP contribution < -0.4 is 9.64 Å². The smallest absolute Gasteiger partial charge is 0.242 e. The van der Waals surface area contributed by atoms with E-state index >= 15 is 0 Å². The molecular formula is C32H36Cl2N4O2. The predicted molar refractivity (Wildman–Crippen MR) is 163 cm³/mol. The number of hydrogen-bond acceptors (Lipinski definition) is 5. The number of amides is 1. The van der Waals surface area contributed by atoms with Crippen LogP contribution in [0.15, 0.2) is 66.7 Å². The van der Waals surface area contributed by atoms with Gasteiger partial charge >= 0.3 is 0 Å². The van der Waals surface area contributed by atoms with Crippen LogP contribution in [0.1, 0.15) is 38.3 Å². The fraction of sp³-hybridized carbons (Fsp3) is 0.375. The summed E-state index contributed by atoms with van der Waals surface area (Å²) in [4.78, 5) is 19.6. The van der Waals surface area contributed by atoms with Crippen LogP contribution in [0.2, 0.25) is 10.0 Å². The number of halogens is 2. The minimum Gasteiger partial charge on any atom is -0.491 e. The maximum absolute atomic E-state index is 13.6. The van der Waals surface area contributed by atoms with E-state index in [1.165, 1.54) is 12.8 Å². The Kier molecular flexibility index (Phi) is 10.3. The van der Waals surface area contributed by atoms with E-state index in [2.05, 4.69) is 47.4 Å². The first-order valence-electron chi connectivity index (χ1n) is 13.7. The Bertz CT molecular complexity index is 1330. The van der Waals surface area contributed by atoms with Gasteiger partial charge in [0.15, 0.2) is 0 Å². The summed E-state index contributed by atoms with van der Waals surface area (Å²) in [5.74, 6) is 0.769. The van der Waals surface area contributed by atoms with Gasteiger partial charge in [-0.1, -0.05) is 59.6 Å². The van der Waals surface area contributed by atoms with E-state index in [1.807, 2.05) is 37.9 Å². The SMILES string of the molecule is CC(C)Oc1cccc(-c2ccc(C(CN3CCCC3)N(C)C(=O)CN(CC#N)c3ccc(Cl)c(Cl)c3)cc2)c1. The summed E-state index contributed by atoms with van der Waals surface area (Å²) < 4.78 is 5.88. The zero-order valence-electron chi connectivity index (χ0n) is 23.3. The molecule has 1 saturated heterocycles. The molecule has 1 aliphatic heterocycles. The van der Waals surface area contributed by atoms with Crippen LogP contribution in [0.5, 0.6) is 5.75 Å². The molecule has 1 unspecified atom stereocenters. The molecule has 0 N–H and O–H groups in total. The first-order chi connectivity index (χ1) is 19.2. The highest BCUT2D eigenvalue weighted by Crippen LogP contribution is 2.30. The highest BCUT2D eigenvalue weighted by Gasteiger charge is 2.27. The highest BCUT2D eigenvalue weighted by molar-refractivity contribution is 6.42. The van der Waals surface area contributed by atoms with Gasteiger partial charge in [0.1, 0.15) is 12.3 Å². The van der Waals surface area contributed by atoms with Crippen LogP contribution in [0.4, 0.5) is 5.69 Å². The van der Waals surface area contributed by atoms with Crippen LogP contribution in [0.25, 0.3) is 11.1 Å². The van der Waals surface area contributed by atoms with Crippen molar-refractivity contribution in [2.24, 2.45) is 0 Å². The molecule has 4 rings (SSSR count). The zero-order chi connectivity index (χ0) is 28.6. The Labute approximate surface area is 247 Å². The van der Waals surface area contributed by atoms with Crippen molar-refractivity contribution in [1.29, 1.82) is 5.26 Å². The molecule has 8 heteroatoms. The number of carbonyl (C=O) groups is 1. The largest absolute Gasteiger partial charge is 0.491 e. The molecule has 0 saturated carbocycles. The molecule has 0 aromatic heterocycles. The van der Waals surface area contributed by atoms with Gasteiger partial charge in [-0.25, -0.2) is 0 Å². The lowest BCUT2D eigenvalue weighted by Crippen LogP contribution is -2.43. The molecule has 3 aromatic rings. The molecule has 1 aliphatic rings. The van der Waals surface area contributed by atoms with E-state index < -0.39 is 0 Å².